The summed E-state index contributed by atoms with van der Waals surface area (Å²) in [4.78, 5) is 7.64. The van der Waals surface area contributed by atoms with Gasteiger partial charge >= 0.3 is 0 Å². The summed E-state index contributed by atoms with van der Waals surface area (Å²) in [6, 6.07) is 72.2. The van der Waals surface area contributed by atoms with Crippen LogP contribution in [0.3, 0.4) is 0 Å². The lowest BCUT2D eigenvalue weighted by molar-refractivity contribution is 0.590. The summed E-state index contributed by atoms with van der Waals surface area (Å²) in [5, 5.41) is 0. The topological polar surface area (TPSA) is 9.72 Å². The predicted octanol–water partition coefficient (Wildman–Crippen LogP) is 27.1. The van der Waals surface area contributed by atoms with Crippen molar-refractivity contribution in [2.45, 2.75) is 276 Å². The molecule has 0 N–H and O–H groups in total. The fraction of sp³-hybridized carbons (Fsp3) is 0.438. The third-order valence-corrected chi connectivity index (χ3v) is 21.0. The van der Waals surface area contributed by atoms with Gasteiger partial charge in [-0.2, -0.15) is 0 Å². The maximum Gasteiger partial charge on any atom is 0.243 e. The minimum Gasteiger partial charge on any atom is -0.310 e. The van der Waals surface area contributed by atoms with E-state index in [9.17, 15) is 0 Å². The number of nitrogens with zero attached hydrogens (tertiary/aromatic N) is 3. The van der Waals surface area contributed by atoms with E-state index in [-0.39, 0.29) is 74.7 Å². The van der Waals surface area contributed by atoms with E-state index < -0.39 is 0 Å². The maximum absolute atomic E-state index is 2.61. The summed E-state index contributed by atoms with van der Waals surface area (Å²) in [5.74, 6) is 0.929. The average Bonchev–Trinajstić information content (AvgIpc) is 0.723. The van der Waals surface area contributed by atoms with E-state index in [1.807, 2.05) is 0 Å². The molecule has 0 radical (unpaired) electrons. The molecule has 9 aromatic carbocycles. The normalized spacial score (nSPS) is 12.8. The molecule has 9 aromatic rings. The van der Waals surface area contributed by atoms with Crippen molar-refractivity contribution < 1.29 is 0 Å². The van der Waals surface area contributed by atoms with Crippen LogP contribution < -0.4 is 31.1 Å². The summed E-state index contributed by atoms with van der Waals surface area (Å²) in [6.07, 6.45) is 0. The molecule has 0 fully saturated rings. The third kappa shape index (κ3) is 16.7. The summed E-state index contributed by atoms with van der Waals surface area (Å²) in [5.41, 5.74) is 31.1. The van der Waals surface area contributed by atoms with Crippen molar-refractivity contribution in [2.24, 2.45) is 0 Å². The van der Waals surface area contributed by atoms with Crippen molar-refractivity contribution >= 4 is 74.3 Å². The lowest BCUT2D eigenvalue weighted by Gasteiger charge is -2.37. The second-order valence-corrected chi connectivity index (χ2v) is 37.3. The van der Waals surface area contributed by atoms with Gasteiger partial charge in [0.05, 0.1) is 0 Å². The molecular formula is C96H126BN3. The highest BCUT2D eigenvalue weighted by atomic mass is 15.2. The SMILES string of the molecule is CC(C)c1cc(N(c2ccc(C(C)(C)C)cc2)c2ccc(C(C)(C)C)cc2)cc(C(C)C)c1B(c1c(C(C)C)cc(N(c2ccc(C(C)(C)C)cc2)c2ccc(C(C)(C)C)cc2)cc1C(C)C)c1c(C(C)C)cc(N(c2ccc(C(C)(C)C)cc2)c2ccc(C(C)(C)C)cc2)cc1C(C)C. The summed E-state index contributed by atoms with van der Waals surface area (Å²) >= 11 is 0. The molecule has 0 bridgehead atoms. The zero-order valence-electron chi connectivity index (χ0n) is 67.7. The Balaban J connectivity index is 1.46. The Labute approximate surface area is 609 Å². The van der Waals surface area contributed by atoms with Gasteiger partial charge in [-0.3, -0.25) is 0 Å². The van der Waals surface area contributed by atoms with Crippen LogP contribution in [0.5, 0.6) is 0 Å². The predicted molar refractivity (Wildman–Crippen MR) is 445 cm³/mol. The summed E-state index contributed by atoms with van der Waals surface area (Å²) in [6.45, 7) is 71.0. The molecule has 0 amide bonds. The van der Waals surface area contributed by atoms with Gasteiger partial charge in [0.25, 0.3) is 0 Å². The molecule has 0 saturated heterocycles. The molecule has 0 atom stereocenters. The Bertz CT molecular complexity index is 3540. The Morgan fingerprint density at radius 3 is 0.410 bits per heavy atom. The molecule has 0 unspecified atom stereocenters. The molecule has 0 saturated carbocycles. The second-order valence-electron chi connectivity index (χ2n) is 37.3. The van der Waals surface area contributed by atoms with Crippen LogP contribution in [0.1, 0.15) is 310 Å². The van der Waals surface area contributed by atoms with Crippen molar-refractivity contribution in [3.05, 3.63) is 249 Å². The molecular weight excluding hydrogens is 1210 g/mol. The molecule has 528 valence electrons. The number of hydrogen-bond donors (Lipinski definition) is 0. The first-order valence-corrected chi connectivity index (χ1v) is 37.9. The highest BCUT2D eigenvalue weighted by Crippen LogP contribution is 2.45. The van der Waals surface area contributed by atoms with Crippen molar-refractivity contribution in [3.8, 4) is 0 Å². The van der Waals surface area contributed by atoms with Gasteiger partial charge in [0.15, 0.2) is 0 Å². The van der Waals surface area contributed by atoms with Gasteiger partial charge in [-0.15, -0.1) is 0 Å². The van der Waals surface area contributed by atoms with Gasteiger partial charge in [0, 0.05) is 51.2 Å². The molecule has 0 aliphatic carbocycles. The van der Waals surface area contributed by atoms with E-state index in [1.54, 1.807) is 0 Å². The van der Waals surface area contributed by atoms with Gasteiger partial charge in [-0.05, 0) is 244 Å². The smallest absolute Gasteiger partial charge is 0.243 e. The number of rotatable bonds is 18. The first-order chi connectivity index (χ1) is 46.4. The Morgan fingerprint density at radius 1 is 0.190 bits per heavy atom. The Morgan fingerprint density at radius 2 is 0.310 bits per heavy atom. The third-order valence-electron chi connectivity index (χ3n) is 21.0. The molecule has 0 aromatic heterocycles. The van der Waals surface area contributed by atoms with Crippen LogP contribution in [0.25, 0.3) is 0 Å². The van der Waals surface area contributed by atoms with Crippen LogP contribution in [0.4, 0.5) is 51.2 Å². The zero-order valence-corrected chi connectivity index (χ0v) is 67.7. The van der Waals surface area contributed by atoms with Crippen LogP contribution in [0.2, 0.25) is 0 Å². The van der Waals surface area contributed by atoms with E-state index in [0.717, 1.165) is 34.1 Å². The molecule has 100 heavy (non-hydrogen) atoms. The fourth-order valence-corrected chi connectivity index (χ4v) is 14.7. The molecule has 0 aliphatic rings. The van der Waals surface area contributed by atoms with E-state index in [2.05, 4.69) is 404 Å². The standard InChI is InChI=1S/C96H126BN3/c1-61(2)82-55-79(98(73-43-31-67(32-44-73)91(13,14)15)74-45-33-68(34-46-74)92(16,17)18)56-83(62(3)4)88(82)97(89-84(63(5)6)57-80(58-85(89)64(7)8)99(75-47-35-69(36-48-75)93(19,20)21)76-49-37-70(38-50-76)94(22,23)24)90-86(65(9)10)59-81(60-87(90)66(11)12)100(77-51-39-71(40-52-77)95(25,26)27)78-53-41-72(42-54-78)96(28,29)30/h31-66H,1-30H3. The lowest BCUT2D eigenvalue weighted by Crippen LogP contribution is -2.59. The number of benzene rings is 9. The van der Waals surface area contributed by atoms with E-state index in [1.165, 1.54) is 100 Å². The van der Waals surface area contributed by atoms with Crippen molar-refractivity contribution in [1.29, 1.82) is 0 Å². The number of anilines is 9. The Kier molecular flexibility index (Phi) is 22.3. The quantitative estimate of drug-likeness (QED) is 0.0793. The van der Waals surface area contributed by atoms with Crippen molar-refractivity contribution in [2.75, 3.05) is 14.7 Å². The van der Waals surface area contributed by atoms with Crippen LogP contribution in [0, 0.1) is 0 Å². The largest absolute Gasteiger partial charge is 0.310 e. The van der Waals surface area contributed by atoms with Crippen molar-refractivity contribution in [1.82, 2.24) is 0 Å². The summed E-state index contributed by atoms with van der Waals surface area (Å²) < 4.78 is 0. The van der Waals surface area contributed by atoms with Crippen LogP contribution in [-0.4, -0.2) is 6.71 Å². The van der Waals surface area contributed by atoms with Crippen LogP contribution in [0.15, 0.2) is 182 Å². The van der Waals surface area contributed by atoms with E-state index in [4.69, 9.17) is 0 Å². The lowest BCUT2D eigenvalue weighted by atomic mass is 9.31. The van der Waals surface area contributed by atoms with Gasteiger partial charge in [-0.25, -0.2) is 0 Å². The molecule has 0 heterocycles. The van der Waals surface area contributed by atoms with E-state index >= 15 is 0 Å². The van der Waals surface area contributed by atoms with Gasteiger partial charge < -0.3 is 14.7 Å². The van der Waals surface area contributed by atoms with Gasteiger partial charge in [-0.1, -0.05) is 297 Å². The molecule has 3 nitrogen and oxygen atoms in total. The highest BCUT2D eigenvalue weighted by molar-refractivity contribution is 6.97. The molecule has 0 aliphatic heterocycles. The second kappa shape index (κ2) is 29.1. The molecule has 0 spiro atoms. The first-order valence-electron chi connectivity index (χ1n) is 37.9. The van der Waals surface area contributed by atoms with Gasteiger partial charge in [0.2, 0.25) is 6.71 Å². The zero-order chi connectivity index (χ0) is 73.8. The van der Waals surface area contributed by atoms with Crippen molar-refractivity contribution in [3.63, 3.8) is 0 Å². The monoisotopic (exact) mass is 1330 g/mol. The fourth-order valence-electron chi connectivity index (χ4n) is 14.7. The first kappa shape index (κ1) is 76.6. The van der Waals surface area contributed by atoms with E-state index in [0.29, 0.717) is 0 Å². The van der Waals surface area contributed by atoms with Gasteiger partial charge in [0.1, 0.15) is 0 Å². The average molecular weight is 1330 g/mol. The minimum atomic E-state index is -0.168. The Hall–Kier alpha value is -7.56. The van der Waals surface area contributed by atoms with Crippen LogP contribution in [-0.2, 0) is 32.5 Å². The highest BCUT2D eigenvalue weighted by Gasteiger charge is 2.40. The molecule has 9 rings (SSSR count). The number of hydrogen-bond acceptors (Lipinski definition) is 3. The minimum absolute atomic E-state index is 0.00907. The molecule has 4 heteroatoms. The summed E-state index contributed by atoms with van der Waals surface area (Å²) in [7, 11) is 0. The van der Waals surface area contributed by atoms with Crippen LogP contribution >= 0.6 is 0 Å². The maximum atomic E-state index is 2.61.